The van der Waals surface area contributed by atoms with E-state index in [0.29, 0.717) is 5.92 Å². The molecule has 0 amide bonds. The molecular weight excluding hydrogens is 199 g/mol. The molecular formula is C15H23F. The summed E-state index contributed by atoms with van der Waals surface area (Å²) >= 11 is 0. The number of hydrogen-bond donors (Lipinski definition) is 0. The fourth-order valence-electron chi connectivity index (χ4n) is 2.53. The maximum absolute atomic E-state index is 13.7. The van der Waals surface area contributed by atoms with Gasteiger partial charge in [-0.15, -0.1) is 0 Å². The second-order valence-electron chi connectivity index (χ2n) is 4.54. The first kappa shape index (κ1) is 13.2. The van der Waals surface area contributed by atoms with E-state index in [9.17, 15) is 4.39 Å². The van der Waals surface area contributed by atoms with E-state index in [4.69, 9.17) is 0 Å². The summed E-state index contributed by atoms with van der Waals surface area (Å²) in [4.78, 5) is 0. The molecule has 0 fully saturated rings. The number of rotatable bonds is 1. The van der Waals surface area contributed by atoms with Crippen LogP contribution in [0.25, 0.3) is 0 Å². The average Bonchev–Trinajstić information content (AvgIpc) is 2.75. The minimum absolute atomic E-state index is 0.0202. The third kappa shape index (κ3) is 2.28. The first-order chi connectivity index (χ1) is 7.61. The molecule has 0 saturated heterocycles. The molecule has 0 radical (unpaired) electrons. The van der Waals surface area contributed by atoms with E-state index in [2.05, 4.69) is 20.8 Å². The predicted molar refractivity (Wildman–Crippen MR) is 68.6 cm³/mol. The second-order valence-corrected chi connectivity index (χ2v) is 4.54. The van der Waals surface area contributed by atoms with Crippen molar-refractivity contribution in [2.24, 2.45) is 0 Å². The molecule has 1 aliphatic carbocycles. The Morgan fingerprint density at radius 3 is 2.25 bits per heavy atom. The minimum Gasteiger partial charge on any atom is -0.207 e. The van der Waals surface area contributed by atoms with Crippen LogP contribution in [0.1, 0.15) is 62.3 Å². The third-order valence-electron chi connectivity index (χ3n) is 3.30. The largest absolute Gasteiger partial charge is 0.207 e. The van der Waals surface area contributed by atoms with E-state index < -0.39 is 0 Å². The Balaban J connectivity index is 0.000000606. The normalized spacial score (nSPS) is 13.4. The summed E-state index contributed by atoms with van der Waals surface area (Å²) in [5.74, 6) is 0.446. The van der Waals surface area contributed by atoms with Gasteiger partial charge in [-0.25, -0.2) is 4.39 Å². The summed E-state index contributed by atoms with van der Waals surface area (Å²) in [6.45, 7) is 10.4. The van der Waals surface area contributed by atoms with E-state index in [1.807, 2.05) is 13.8 Å². The molecule has 1 aromatic carbocycles. The topological polar surface area (TPSA) is 0 Å². The smallest absolute Gasteiger partial charge is 0.126 e. The van der Waals surface area contributed by atoms with E-state index in [-0.39, 0.29) is 5.82 Å². The summed E-state index contributed by atoms with van der Waals surface area (Å²) in [6.07, 6.45) is 3.12. The van der Waals surface area contributed by atoms with Crippen LogP contribution in [0, 0.1) is 12.7 Å². The van der Waals surface area contributed by atoms with E-state index in [0.717, 1.165) is 24.8 Å². The lowest BCUT2D eigenvalue weighted by Gasteiger charge is -2.14. The van der Waals surface area contributed by atoms with Gasteiger partial charge in [0, 0.05) is 0 Å². The summed E-state index contributed by atoms with van der Waals surface area (Å²) in [7, 11) is 0. The SMILES string of the molecule is CC.Cc1c(C(C)C)cc(F)c2c1CCC2. The first-order valence-electron chi connectivity index (χ1n) is 6.42. The first-order valence-corrected chi connectivity index (χ1v) is 6.42. The Hall–Kier alpha value is -0.850. The van der Waals surface area contributed by atoms with Gasteiger partial charge < -0.3 is 0 Å². The lowest BCUT2D eigenvalue weighted by molar-refractivity contribution is 0.607. The Morgan fingerprint density at radius 2 is 1.69 bits per heavy atom. The van der Waals surface area contributed by atoms with Crippen molar-refractivity contribution in [3.8, 4) is 0 Å². The Bertz CT molecular complexity index is 364. The van der Waals surface area contributed by atoms with Crippen molar-refractivity contribution >= 4 is 0 Å². The summed E-state index contributed by atoms with van der Waals surface area (Å²) in [6, 6.07) is 1.74. The zero-order valence-corrected chi connectivity index (χ0v) is 11.2. The van der Waals surface area contributed by atoms with Crippen molar-refractivity contribution in [2.75, 3.05) is 0 Å². The molecule has 0 atom stereocenters. The van der Waals surface area contributed by atoms with Crippen molar-refractivity contribution in [3.63, 3.8) is 0 Å². The molecule has 0 saturated carbocycles. The molecule has 1 aliphatic rings. The zero-order chi connectivity index (χ0) is 12.3. The van der Waals surface area contributed by atoms with Crippen LogP contribution in [-0.2, 0) is 12.8 Å². The van der Waals surface area contributed by atoms with Crippen LogP contribution in [-0.4, -0.2) is 0 Å². The minimum atomic E-state index is 0.0202. The lowest BCUT2D eigenvalue weighted by atomic mass is 9.92. The van der Waals surface area contributed by atoms with Crippen molar-refractivity contribution in [3.05, 3.63) is 34.1 Å². The number of halogens is 1. The van der Waals surface area contributed by atoms with Crippen molar-refractivity contribution < 1.29 is 4.39 Å². The van der Waals surface area contributed by atoms with Crippen LogP contribution in [0.3, 0.4) is 0 Å². The van der Waals surface area contributed by atoms with Crippen molar-refractivity contribution in [2.45, 2.75) is 59.8 Å². The van der Waals surface area contributed by atoms with Crippen molar-refractivity contribution in [1.82, 2.24) is 0 Å². The highest BCUT2D eigenvalue weighted by atomic mass is 19.1. The predicted octanol–water partition coefficient (Wildman–Crippen LogP) is 4.77. The highest BCUT2D eigenvalue weighted by Gasteiger charge is 2.20. The van der Waals surface area contributed by atoms with Crippen LogP contribution >= 0.6 is 0 Å². The maximum atomic E-state index is 13.7. The molecule has 0 unspecified atom stereocenters. The molecule has 0 spiro atoms. The molecule has 0 bridgehead atoms. The molecule has 90 valence electrons. The lowest BCUT2D eigenvalue weighted by Crippen LogP contribution is -2.00. The molecule has 2 rings (SSSR count). The molecule has 16 heavy (non-hydrogen) atoms. The van der Waals surface area contributed by atoms with Gasteiger partial charge in [-0.3, -0.25) is 0 Å². The van der Waals surface area contributed by atoms with Crippen LogP contribution in [0.15, 0.2) is 6.07 Å². The Morgan fingerprint density at radius 1 is 1.12 bits per heavy atom. The average molecular weight is 222 g/mol. The molecule has 1 heteroatoms. The van der Waals surface area contributed by atoms with Gasteiger partial charge in [0.25, 0.3) is 0 Å². The molecule has 1 aromatic rings. The van der Waals surface area contributed by atoms with Gasteiger partial charge in [-0.1, -0.05) is 27.7 Å². The van der Waals surface area contributed by atoms with E-state index in [1.54, 1.807) is 6.07 Å². The van der Waals surface area contributed by atoms with Gasteiger partial charge in [0.2, 0.25) is 0 Å². The highest BCUT2D eigenvalue weighted by Crippen LogP contribution is 2.32. The third-order valence-corrected chi connectivity index (χ3v) is 3.30. The molecule has 0 N–H and O–H groups in total. The molecule has 0 aliphatic heterocycles. The standard InChI is InChI=1S/C13H17F.C2H6/c1-8(2)12-7-13(14)11-6-4-5-10(11)9(12)3;1-2/h7-8H,4-6H2,1-3H3;1-2H3. The summed E-state index contributed by atoms with van der Waals surface area (Å²) in [5, 5.41) is 0. The summed E-state index contributed by atoms with van der Waals surface area (Å²) < 4.78 is 13.7. The zero-order valence-electron chi connectivity index (χ0n) is 11.2. The molecule has 0 aromatic heterocycles. The van der Waals surface area contributed by atoms with E-state index >= 15 is 0 Å². The van der Waals surface area contributed by atoms with Gasteiger partial charge in [-0.05, 0) is 60.4 Å². The number of fused-ring (bicyclic) bond motifs is 1. The maximum Gasteiger partial charge on any atom is 0.126 e. The second kappa shape index (κ2) is 5.47. The quantitative estimate of drug-likeness (QED) is 0.642. The molecule has 0 heterocycles. The fourth-order valence-corrected chi connectivity index (χ4v) is 2.53. The van der Waals surface area contributed by atoms with Gasteiger partial charge in [-0.2, -0.15) is 0 Å². The highest BCUT2D eigenvalue weighted by molar-refractivity contribution is 5.44. The van der Waals surface area contributed by atoms with Gasteiger partial charge in [0.05, 0.1) is 0 Å². The number of hydrogen-bond acceptors (Lipinski definition) is 0. The Kier molecular flexibility index (Phi) is 4.52. The van der Waals surface area contributed by atoms with E-state index in [1.165, 1.54) is 16.7 Å². The fraction of sp³-hybridized carbons (Fsp3) is 0.600. The van der Waals surface area contributed by atoms with Crippen LogP contribution < -0.4 is 0 Å². The van der Waals surface area contributed by atoms with Crippen molar-refractivity contribution in [1.29, 1.82) is 0 Å². The van der Waals surface area contributed by atoms with Gasteiger partial charge in [0.15, 0.2) is 0 Å². The summed E-state index contributed by atoms with van der Waals surface area (Å²) in [5.41, 5.74) is 4.78. The van der Waals surface area contributed by atoms with Crippen LogP contribution in [0.4, 0.5) is 4.39 Å². The monoisotopic (exact) mass is 222 g/mol. The van der Waals surface area contributed by atoms with Gasteiger partial charge >= 0.3 is 0 Å². The Labute approximate surface area is 98.9 Å². The molecule has 0 nitrogen and oxygen atoms in total. The number of benzene rings is 1. The van der Waals surface area contributed by atoms with Crippen LogP contribution in [0.2, 0.25) is 0 Å². The van der Waals surface area contributed by atoms with Gasteiger partial charge in [0.1, 0.15) is 5.82 Å². The van der Waals surface area contributed by atoms with Crippen LogP contribution in [0.5, 0.6) is 0 Å².